The second kappa shape index (κ2) is 6.37. The summed E-state index contributed by atoms with van der Waals surface area (Å²) < 4.78 is 0.561. The number of hydrogen-bond donors (Lipinski definition) is 1. The first-order chi connectivity index (χ1) is 9.47. The molecule has 106 valence electrons. The molecule has 1 aliphatic heterocycles. The van der Waals surface area contributed by atoms with Gasteiger partial charge in [0, 0.05) is 18.7 Å². The van der Waals surface area contributed by atoms with Crippen molar-refractivity contribution < 1.29 is 9.59 Å². The monoisotopic (exact) mass is 308 g/mol. The fraction of sp³-hybridized carbons (Fsp3) is 0.357. The molecular formula is C14H16N2O2S2. The maximum atomic E-state index is 11.8. The van der Waals surface area contributed by atoms with Gasteiger partial charge in [0.25, 0.3) is 0 Å². The van der Waals surface area contributed by atoms with Gasteiger partial charge in [0.2, 0.25) is 11.8 Å². The normalized spacial score (nSPS) is 18.5. The summed E-state index contributed by atoms with van der Waals surface area (Å²) in [7, 11) is 0. The predicted molar refractivity (Wildman–Crippen MR) is 85.8 cm³/mol. The maximum absolute atomic E-state index is 11.8. The van der Waals surface area contributed by atoms with Crippen LogP contribution in [-0.2, 0) is 9.59 Å². The molecule has 0 bridgehead atoms. The van der Waals surface area contributed by atoms with Gasteiger partial charge in [-0.1, -0.05) is 41.7 Å². The van der Waals surface area contributed by atoms with Crippen LogP contribution >= 0.6 is 24.0 Å². The molecule has 0 spiro atoms. The van der Waals surface area contributed by atoms with Gasteiger partial charge in [-0.3, -0.25) is 14.5 Å². The number of benzene rings is 1. The molecule has 0 aliphatic carbocycles. The van der Waals surface area contributed by atoms with Gasteiger partial charge < -0.3 is 5.32 Å². The average Bonchev–Trinajstić information content (AvgIpc) is 2.64. The van der Waals surface area contributed by atoms with Crippen LogP contribution in [0.25, 0.3) is 0 Å². The van der Waals surface area contributed by atoms with Gasteiger partial charge in [-0.2, -0.15) is 0 Å². The van der Waals surface area contributed by atoms with Crippen LogP contribution in [0.3, 0.4) is 0 Å². The van der Waals surface area contributed by atoms with E-state index in [1.165, 1.54) is 16.7 Å². The van der Waals surface area contributed by atoms with Crippen molar-refractivity contribution in [1.82, 2.24) is 4.90 Å². The molecule has 2 rings (SSSR count). The molecule has 1 aromatic carbocycles. The zero-order chi connectivity index (χ0) is 14.7. The lowest BCUT2D eigenvalue weighted by molar-refractivity contribution is -0.126. The van der Waals surface area contributed by atoms with E-state index in [0.29, 0.717) is 10.9 Å². The third-order valence-corrected chi connectivity index (χ3v) is 4.50. The van der Waals surface area contributed by atoms with E-state index in [9.17, 15) is 9.59 Å². The molecule has 20 heavy (non-hydrogen) atoms. The number of hydrogen-bond acceptors (Lipinski definition) is 4. The molecule has 1 fully saturated rings. The summed E-state index contributed by atoms with van der Waals surface area (Å²) in [5.41, 5.74) is 1.90. The Morgan fingerprint density at radius 1 is 1.40 bits per heavy atom. The highest BCUT2D eigenvalue weighted by molar-refractivity contribution is 8.24. The molecule has 4 nitrogen and oxygen atoms in total. The highest BCUT2D eigenvalue weighted by Gasteiger charge is 2.33. The maximum Gasteiger partial charge on any atom is 0.241 e. The number of nitrogens with zero attached hydrogens (tertiary/aromatic N) is 1. The second-order valence-electron chi connectivity index (χ2n) is 4.68. The van der Waals surface area contributed by atoms with E-state index in [1.54, 1.807) is 0 Å². The third kappa shape index (κ3) is 3.58. The van der Waals surface area contributed by atoms with Crippen LogP contribution in [0.4, 0.5) is 5.69 Å². The zero-order valence-corrected chi connectivity index (χ0v) is 13.0. The number of anilines is 1. The van der Waals surface area contributed by atoms with E-state index in [-0.39, 0.29) is 23.5 Å². The highest BCUT2D eigenvalue weighted by atomic mass is 32.2. The Morgan fingerprint density at radius 2 is 2.05 bits per heavy atom. The molecule has 1 N–H and O–H groups in total. The van der Waals surface area contributed by atoms with Crippen molar-refractivity contribution in [2.24, 2.45) is 0 Å². The Balaban J connectivity index is 1.85. The van der Waals surface area contributed by atoms with E-state index in [0.717, 1.165) is 11.3 Å². The summed E-state index contributed by atoms with van der Waals surface area (Å²) >= 11 is 6.50. The van der Waals surface area contributed by atoms with Gasteiger partial charge in [0.15, 0.2) is 0 Å². The Hall–Kier alpha value is -1.40. The molecule has 1 saturated heterocycles. The topological polar surface area (TPSA) is 49.4 Å². The summed E-state index contributed by atoms with van der Waals surface area (Å²) in [6.45, 7) is 4.16. The fourth-order valence-corrected chi connectivity index (χ4v) is 3.30. The number of carbonyl (C=O) groups excluding carboxylic acids is 2. The standard InChI is InChI=1S/C14H16N2O2S2/c1-9-3-5-11(6-4-9)15-12(17)7-8-16-13(18)10(2)20-14(16)19/h3-6,10H,7-8H2,1-2H3,(H,15,17)/t10-/m1/s1. The van der Waals surface area contributed by atoms with Gasteiger partial charge >= 0.3 is 0 Å². The number of carbonyl (C=O) groups is 2. The van der Waals surface area contributed by atoms with Crippen molar-refractivity contribution in [3.8, 4) is 0 Å². The first-order valence-corrected chi connectivity index (χ1v) is 7.64. The van der Waals surface area contributed by atoms with Crippen molar-refractivity contribution >= 4 is 45.8 Å². The van der Waals surface area contributed by atoms with E-state index in [1.807, 2.05) is 38.1 Å². The van der Waals surface area contributed by atoms with Crippen LogP contribution < -0.4 is 5.32 Å². The van der Waals surface area contributed by atoms with Crippen LogP contribution in [0.1, 0.15) is 18.9 Å². The minimum Gasteiger partial charge on any atom is -0.326 e. The fourth-order valence-electron chi connectivity index (χ4n) is 1.85. The molecule has 0 unspecified atom stereocenters. The van der Waals surface area contributed by atoms with Crippen molar-refractivity contribution in [3.63, 3.8) is 0 Å². The van der Waals surface area contributed by atoms with Gasteiger partial charge in [-0.05, 0) is 26.0 Å². The Kier molecular flexibility index (Phi) is 4.77. The first-order valence-electron chi connectivity index (χ1n) is 6.36. The van der Waals surface area contributed by atoms with Crippen molar-refractivity contribution in [2.75, 3.05) is 11.9 Å². The number of thioether (sulfide) groups is 1. The molecule has 1 aliphatic rings. The second-order valence-corrected chi connectivity index (χ2v) is 6.65. The van der Waals surface area contributed by atoms with E-state index < -0.39 is 0 Å². The van der Waals surface area contributed by atoms with Crippen molar-refractivity contribution in [3.05, 3.63) is 29.8 Å². The van der Waals surface area contributed by atoms with Gasteiger partial charge in [0.05, 0.1) is 5.25 Å². The summed E-state index contributed by atoms with van der Waals surface area (Å²) in [6, 6.07) is 7.59. The SMILES string of the molecule is Cc1ccc(NC(=O)CCN2C(=O)[C@@H](C)SC2=S)cc1. The number of nitrogens with one attached hydrogen (secondary N) is 1. The van der Waals surface area contributed by atoms with Gasteiger partial charge in [-0.15, -0.1) is 0 Å². The van der Waals surface area contributed by atoms with E-state index >= 15 is 0 Å². The Morgan fingerprint density at radius 3 is 2.60 bits per heavy atom. The number of aryl methyl sites for hydroxylation is 1. The molecule has 0 saturated carbocycles. The molecule has 2 amide bonds. The number of amides is 2. The van der Waals surface area contributed by atoms with Gasteiger partial charge in [0.1, 0.15) is 4.32 Å². The van der Waals surface area contributed by atoms with Crippen molar-refractivity contribution in [1.29, 1.82) is 0 Å². The molecule has 1 atom stereocenters. The molecule has 0 aromatic heterocycles. The molecular weight excluding hydrogens is 292 g/mol. The highest BCUT2D eigenvalue weighted by Crippen LogP contribution is 2.26. The molecule has 1 aromatic rings. The van der Waals surface area contributed by atoms with E-state index in [2.05, 4.69) is 5.32 Å². The lowest BCUT2D eigenvalue weighted by atomic mass is 10.2. The van der Waals surface area contributed by atoms with Crippen LogP contribution in [0.5, 0.6) is 0 Å². The molecule has 0 radical (unpaired) electrons. The zero-order valence-electron chi connectivity index (χ0n) is 11.4. The largest absolute Gasteiger partial charge is 0.326 e. The third-order valence-electron chi connectivity index (χ3n) is 3.01. The van der Waals surface area contributed by atoms with Crippen LogP contribution in [0.2, 0.25) is 0 Å². The van der Waals surface area contributed by atoms with Crippen LogP contribution in [0.15, 0.2) is 24.3 Å². The number of thiocarbonyl (C=S) groups is 1. The van der Waals surface area contributed by atoms with E-state index in [4.69, 9.17) is 12.2 Å². The van der Waals surface area contributed by atoms with Crippen molar-refractivity contribution in [2.45, 2.75) is 25.5 Å². The van der Waals surface area contributed by atoms with Gasteiger partial charge in [-0.25, -0.2) is 0 Å². The quantitative estimate of drug-likeness (QED) is 0.869. The lowest BCUT2D eigenvalue weighted by Gasteiger charge is -2.14. The predicted octanol–water partition coefficient (Wildman–Crippen LogP) is 2.57. The van der Waals surface area contributed by atoms with Crippen LogP contribution in [0, 0.1) is 6.92 Å². The smallest absolute Gasteiger partial charge is 0.241 e. The lowest BCUT2D eigenvalue weighted by Crippen LogP contribution is -2.33. The summed E-state index contributed by atoms with van der Waals surface area (Å²) in [5, 5.41) is 2.67. The first kappa shape index (κ1) is 15.0. The van der Waals surface area contributed by atoms with Crippen LogP contribution in [-0.4, -0.2) is 32.8 Å². The Bertz CT molecular complexity index is 543. The molecule has 1 heterocycles. The minimum absolute atomic E-state index is 0.0110. The summed E-state index contributed by atoms with van der Waals surface area (Å²) in [5.74, 6) is -0.128. The average molecular weight is 308 g/mol. The summed E-state index contributed by atoms with van der Waals surface area (Å²) in [6.07, 6.45) is 0.243. The number of rotatable bonds is 4. The molecule has 6 heteroatoms. The Labute approximate surface area is 127 Å². The summed E-state index contributed by atoms with van der Waals surface area (Å²) in [4.78, 5) is 25.2. The minimum atomic E-state index is -0.136.